The summed E-state index contributed by atoms with van der Waals surface area (Å²) in [6, 6.07) is 0.151. The van der Waals surface area contributed by atoms with Crippen LogP contribution < -0.4 is 15.8 Å². The van der Waals surface area contributed by atoms with Crippen LogP contribution in [0.5, 0.6) is 6.01 Å². The van der Waals surface area contributed by atoms with Gasteiger partial charge in [-0.3, -0.25) is 0 Å². The minimum atomic E-state index is -0.445. The van der Waals surface area contributed by atoms with Crippen LogP contribution in [0.25, 0.3) is 0 Å². The van der Waals surface area contributed by atoms with Gasteiger partial charge < -0.3 is 20.9 Å². The normalized spacial score (nSPS) is 12.5. The van der Waals surface area contributed by atoms with Crippen LogP contribution in [0.1, 0.15) is 20.3 Å². The number of hydrogen-bond acceptors (Lipinski definition) is 7. The number of nitrogens with one attached hydrogen (secondary N) is 1. The summed E-state index contributed by atoms with van der Waals surface area (Å²) in [6.07, 6.45) is 0.268. The van der Waals surface area contributed by atoms with Crippen molar-refractivity contribution in [3.05, 3.63) is 0 Å². The molecule has 96 valence electrons. The Morgan fingerprint density at radius 3 is 2.65 bits per heavy atom. The van der Waals surface area contributed by atoms with Crippen molar-refractivity contribution >= 4 is 11.9 Å². The number of rotatable bonds is 6. The van der Waals surface area contributed by atoms with Crippen LogP contribution in [0.3, 0.4) is 0 Å². The second kappa shape index (κ2) is 6.19. The molecule has 1 aromatic heterocycles. The molecule has 0 saturated heterocycles. The van der Waals surface area contributed by atoms with Crippen molar-refractivity contribution in [2.45, 2.75) is 26.4 Å². The maximum Gasteiger partial charge on any atom is 0.322 e. The van der Waals surface area contributed by atoms with Crippen molar-refractivity contribution in [3.63, 3.8) is 0 Å². The molecule has 0 aromatic carbocycles. The third-order valence-electron chi connectivity index (χ3n) is 2.05. The Hall–Kier alpha value is -1.63. The highest BCUT2D eigenvalue weighted by molar-refractivity contribution is 5.32. The molecule has 4 N–H and O–H groups in total. The van der Waals surface area contributed by atoms with Crippen molar-refractivity contribution in [2.24, 2.45) is 5.92 Å². The van der Waals surface area contributed by atoms with Crippen molar-refractivity contribution in [1.82, 2.24) is 15.0 Å². The molecule has 7 nitrogen and oxygen atoms in total. The number of aromatic nitrogens is 3. The molecule has 0 spiro atoms. The molecule has 0 aliphatic rings. The lowest BCUT2D eigenvalue weighted by Gasteiger charge is -2.13. The van der Waals surface area contributed by atoms with Crippen molar-refractivity contribution in [2.75, 3.05) is 24.7 Å². The van der Waals surface area contributed by atoms with Gasteiger partial charge in [0, 0.05) is 6.54 Å². The van der Waals surface area contributed by atoms with E-state index in [2.05, 4.69) is 20.3 Å². The molecule has 0 saturated carbocycles. The second-order valence-electron chi connectivity index (χ2n) is 4.17. The lowest BCUT2D eigenvalue weighted by molar-refractivity contribution is 0.161. The van der Waals surface area contributed by atoms with Crippen LogP contribution in [-0.2, 0) is 0 Å². The molecule has 0 bridgehead atoms. The minimum Gasteiger partial charge on any atom is -0.467 e. The zero-order valence-corrected chi connectivity index (χ0v) is 10.3. The third kappa shape index (κ3) is 4.81. The van der Waals surface area contributed by atoms with Gasteiger partial charge in [0.05, 0.1) is 13.2 Å². The predicted octanol–water partition coefficient (Wildman–Crippen LogP) is 0.281. The highest BCUT2D eigenvalue weighted by Crippen LogP contribution is 2.09. The summed E-state index contributed by atoms with van der Waals surface area (Å²) in [5.41, 5.74) is 5.48. The number of methoxy groups -OCH3 is 1. The summed E-state index contributed by atoms with van der Waals surface area (Å²) in [4.78, 5) is 11.6. The summed E-state index contributed by atoms with van der Waals surface area (Å²) in [6.45, 7) is 4.46. The Labute approximate surface area is 100 Å². The Kier molecular flexibility index (Phi) is 4.89. The third-order valence-corrected chi connectivity index (χ3v) is 2.05. The molecule has 0 amide bonds. The van der Waals surface area contributed by atoms with E-state index in [4.69, 9.17) is 10.5 Å². The first-order valence-electron chi connectivity index (χ1n) is 5.48. The second-order valence-corrected chi connectivity index (χ2v) is 4.17. The number of nitrogens with two attached hydrogens (primary N) is 1. The monoisotopic (exact) mass is 241 g/mol. The first kappa shape index (κ1) is 13.4. The van der Waals surface area contributed by atoms with Crippen molar-refractivity contribution < 1.29 is 9.84 Å². The van der Waals surface area contributed by atoms with Crippen LogP contribution in [-0.4, -0.2) is 39.8 Å². The van der Waals surface area contributed by atoms with E-state index in [9.17, 15) is 5.11 Å². The van der Waals surface area contributed by atoms with Gasteiger partial charge in [0.1, 0.15) is 0 Å². The van der Waals surface area contributed by atoms with Gasteiger partial charge in [-0.15, -0.1) is 0 Å². The minimum absolute atomic E-state index is 0.0812. The van der Waals surface area contributed by atoms with E-state index < -0.39 is 6.10 Å². The van der Waals surface area contributed by atoms with Crippen LogP contribution in [0, 0.1) is 5.92 Å². The lowest BCUT2D eigenvalue weighted by atomic mass is 10.1. The molecule has 17 heavy (non-hydrogen) atoms. The maximum atomic E-state index is 9.68. The van der Waals surface area contributed by atoms with E-state index in [-0.39, 0.29) is 12.0 Å². The van der Waals surface area contributed by atoms with Gasteiger partial charge >= 0.3 is 6.01 Å². The molecule has 0 radical (unpaired) electrons. The molecular weight excluding hydrogens is 222 g/mol. The lowest BCUT2D eigenvalue weighted by Crippen LogP contribution is -2.22. The van der Waals surface area contributed by atoms with Crippen molar-refractivity contribution in [1.29, 1.82) is 0 Å². The molecule has 1 unspecified atom stereocenters. The number of nitrogen functional groups attached to an aromatic ring is 1. The van der Waals surface area contributed by atoms with E-state index in [1.165, 1.54) is 7.11 Å². The summed E-state index contributed by atoms with van der Waals surface area (Å²) >= 11 is 0. The van der Waals surface area contributed by atoms with E-state index in [1.807, 2.05) is 13.8 Å². The summed E-state index contributed by atoms with van der Waals surface area (Å²) in [5, 5.41) is 12.6. The van der Waals surface area contributed by atoms with Gasteiger partial charge in [0.2, 0.25) is 11.9 Å². The fourth-order valence-electron chi connectivity index (χ4n) is 1.38. The predicted molar refractivity (Wildman–Crippen MR) is 64.7 cm³/mol. The molecule has 7 heteroatoms. The van der Waals surface area contributed by atoms with Crippen LogP contribution in [0.4, 0.5) is 11.9 Å². The Morgan fingerprint density at radius 1 is 1.35 bits per heavy atom. The quantitative estimate of drug-likeness (QED) is 0.656. The van der Waals surface area contributed by atoms with Gasteiger partial charge in [0.15, 0.2) is 0 Å². The molecule has 1 rings (SSSR count). The summed E-state index contributed by atoms with van der Waals surface area (Å²) in [5.74, 6) is 0.819. The number of aliphatic hydroxyl groups excluding tert-OH is 1. The number of hydrogen-bond donors (Lipinski definition) is 3. The molecule has 1 heterocycles. The zero-order valence-electron chi connectivity index (χ0n) is 10.3. The van der Waals surface area contributed by atoms with Crippen LogP contribution >= 0.6 is 0 Å². The maximum absolute atomic E-state index is 9.68. The molecular formula is C10H19N5O2. The number of nitrogens with zero attached hydrogens (tertiary/aromatic N) is 3. The van der Waals surface area contributed by atoms with Gasteiger partial charge in [-0.2, -0.15) is 15.0 Å². The van der Waals surface area contributed by atoms with Gasteiger partial charge in [-0.05, 0) is 12.3 Å². The fourth-order valence-corrected chi connectivity index (χ4v) is 1.38. The zero-order chi connectivity index (χ0) is 12.8. The molecule has 0 aliphatic heterocycles. The van der Waals surface area contributed by atoms with Crippen molar-refractivity contribution in [3.8, 4) is 6.01 Å². The van der Waals surface area contributed by atoms with Gasteiger partial charge in [-0.25, -0.2) is 0 Å². The molecule has 1 aromatic rings. The molecule has 0 fully saturated rings. The van der Waals surface area contributed by atoms with Gasteiger partial charge in [0.25, 0.3) is 0 Å². The Bertz CT molecular complexity index is 359. The average molecular weight is 241 g/mol. The molecule has 1 atom stereocenters. The van der Waals surface area contributed by atoms with E-state index in [1.54, 1.807) is 0 Å². The van der Waals surface area contributed by atoms with E-state index >= 15 is 0 Å². The SMILES string of the molecule is COc1nc(N)nc(NCC(O)CC(C)C)n1. The van der Waals surface area contributed by atoms with E-state index in [0.29, 0.717) is 24.8 Å². The smallest absolute Gasteiger partial charge is 0.322 e. The highest BCUT2D eigenvalue weighted by atomic mass is 16.5. The first-order valence-corrected chi connectivity index (χ1v) is 5.48. The van der Waals surface area contributed by atoms with E-state index in [0.717, 1.165) is 0 Å². The highest BCUT2D eigenvalue weighted by Gasteiger charge is 2.09. The van der Waals surface area contributed by atoms with Crippen LogP contribution in [0.15, 0.2) is 0 Å². The Morgan fingerprint density at radius 2 is 2.06 bits per heavy atom. The van der Waals surface area contributed by atoms with Crippen LogP contribution in [0.2, 0.25) is 0 Å². The average Bonchev–Trinajstić information content (AvgIpc) is 2.24. The fraction of sp³-hybridized carbons (Fsp3) is 0.700. The number of anilines is 2. The standard InChI is InChI=1S/C10H19N5O2/c1-6(2)4-7(16)5-12-9-13-8(11)14-10(15-9)17-3/h6-7,16H,4-5H2,1-3H3,(H3,11,12,13,14,15). The topological polar surface area (TPSA) is 106 Å². The number of ether oxygens (including phenoxy) is 1. The number of aliphatic hydroxyl groups is 1. The van der Waals surface area contributed by atoms with Gasteiger partial charge in [-0.1, -0.05) is 13.8 Å². The Balaban J connectivity index is 2.54. The largest absolute Gasteiger partial charge is 0.467 e. The first-order chi connectivity index (χ1) is 8.01. The summed E-state index contributed by atoms with van der Waals surface area (Å²) < 4.78 is 4.86. The molecule has 0 aliphatic carbocycles. The summed E-state index contributed by atoms with van der Waals surface area (Å²) in [7, 11) is 1.45.